The third kappa shape index (κ3) is 2.50. The van der Waals surface area contributed by atoms with Crippen LogP contribution in [0.15, 0.2) is 28.8 Å². The van der Waals surface area contributed by atoms with Gasteiger partial charge in [0, 0.05) is 23.0 Å². The highest BCUT2D eigenvalue weighted by atomic mass is 35.5. The Labute approximate surface area is 133 Å². The van der Waals surface area contributed by atoms with Gasteiger partial charge in [0.25, 0.3) is 0 Å². The van der Waals surface area contributed by atoms with E-state index in [-0.39, 0.29) is 17.9 Å². The first-order valence-electron chi connectivity index (χ1n) is 7.62. The molecule has 6 heteroatoms. The molecule has 22 heavy (non-hydrogen) atoms. The average molecular weight is 318 g/mol. The van der Waals surface area contributed by atoms with Crippen molar-refractivity contribution < 1.29 is 9.32 Å². The first-order valence-corrected chi connectivity index (χ1v) is 8.00. The second-order valence-electron chi connectivity index (χ2n) is 5.93. The van der Waals surface area contributed by atoms with E-state index >= 15 is 0 Å². The number of carbonyl (C=O) groups excluding carboxylic acids is 1. The quantitative estimate of drug-likeness (QED) is 0.869. The van der Waals surface area contributed by atoms with Crippen molar-refractivity contribution in [1.29, 1.82) is 0 Å². The summed E-state index contributed by atoms with van der Waals surface area (Å²) >= 11 is 6.00. The minimum Gasteiger partial charge on any atom is -0.337 e. The van der Waals surface area contributed by atoms with Gasteiger partial charge in [-0.15, -0.1) is 0 Å². The molecule has 1 aromatic carbocycles. The minimum atomic E-state index is -0.0754. The maximum Gasteiger partial charge on any atom is 0.249 e. The Morgan fingerprint density at radius 2 is 2.18 bits per heavy atom. The van der Waals surface area contributed by atoms with Crippen LogP contribution in [-0.4, -0.2) is 27.5 Å². The van der Waals surface area contributed by atoms with Crippen LogP contribution in [0.2, 0.25) is 5.02 Å². The van der Waals surface area contributed by atoms with Crippen molar-refractivity contribution in [2.24, 2.45) is 5.92 Å². The standard InChI is InChI=1S/C16H16ClN3O2/c17-12-4-1-3-11(9-12)14-18-15(22-19-14)13-5-2-8-20(13)16(21)10-6-7-10/h1,3-4,9-10,13H,2,5-8H2. The number of halogens is 1. The Hall–Kier alpha value is -1.88. The molecule has 2 fully saturated rings. The van der Waals surface area contributed by atoms with Crippen molar-refractivity contribution in [2.45, 2.75) is 31.7 Å². The van der Waals surface area contributed by atoms with Gasteiger partial charge in [0.1, 0.15) is 6.04 Å². The molecule has 1 aliphatic heterocycles. The van der Waals surface area contributed by atoms with Gasteiger partial charge in [-0.2, -0.15) is 4.98 Å². The number of carbonyl (C=O) groups is 1. The molecule has 2 aliphatic rings. The molecule has 0 N–H and O–H groups in total. The molecule has 0 bridgehead atoms. The van der Waals surface area contributed by atoms with Crippen LogP contribution in [0.5, 0.6) is 0 Å². The SMILES string of the molecule is O=C(C1CC1)N1CCCC1c1nc(-c2cccc(Cl)c2)no1. The molecular formula is C16H16ClN3O2. The molecule has 1 aromatic heterocycles. The van der Waals surface area contributed by atoms with E-state index in [1.807, 2.05) is 17.0 Å². The predicted octanol–water partition coefficient (Wildman–Crippen LogP) is 3.46. The number of hydrogen-bond donors (Lipinski definition) is 0. The normalized spacial score (nSPS) is 21.3. The largest absolute Gasteiger partial charge is 0.337 e. The summed E-state index contributed by atoms with van der Waals surface area (Å²) in [6, 6.07) is 7.28. The summed E-state index contributed by atoms with van der Waals surface area (Å²) in [4.78, 5) is 18.7. The maximum absolute atomic E-state index is 12.3. The van der Waals surface area contributed by atoms with Crippen LogP contribution in [0.4, 0.5) is 0 Å². The highest BCUT2D eigenvalue weighted by Gasteiger charge is 2.40. The van der Waals surface area contributed by atoms with Gasteiger partial charge in [-0.1, -0.05) is 28.9 Å². The minimum absolute atomic E-state index is 0.0754. The fourth-order valence-electron chi connectivity index (χ4n) is 2.97. The van der Waals surface area contributed by atoms with Crippen molar-refractivity contribution >= 4 is 17.5 Å². The maximum atomic E-state index is 12.3. The summed E-state index contributed by atoms with van der Waals surface area (Å²) in [5.41, 5.74) is 0.820. The topological polar surface area (TPSA) is 59.2 Å². The zero-order valence-electron chi connectivity index (χ0n) is 12.0. The van der Waals surface area contributed by atoms with Crippen LogP contribution in [0.1, 0.15) is 37.6 Å². The lowest BCUT2D eigenvalue weighted by Gasteiger charge is -2.21. The number of rotatable bonds is 3. The molecule has 4 rings (SSSR count). The Kier molecular flexibility index (Phi) is 3.37. The first kappa shape index (κ1) is 13.8. The summed E-state index contributed by atoms with van der Waals surface area (Å²) in [7, 11) is 0. The van der Waals surface area contributed by atoms with E-state index in [4.69, 9.17) is 16.1 Å². The fourth-order valence-corrected chi connectivity index (χ4v) is 3.16. The Bertz CT molecular complexity index is 711. The Morgan fingerprint density at radius 1 is 1.32 bits per heavy atom. The summed E-state index contributed by atoms with van der Waals surface area (Å²) in [6.07, 6.45) is 3.90. The second kappa shape index (κ2) is 5.39. The molecule has 1 saturated carbocycles. The van der Waals surface area contributed by atoms with Gasteiger partial charge >= 0.3 is 0 Å². The molecule has 1 saturated heterocycles. The molecular weight excluding hydrogens is 302 g/mol. The number of likely N-dealkylation sites (tertiary alicyclic amines) is 1. The van der Waals surface area contributed by atoms with Crippen LogP contribution in [0.25, 0.3) is 11.4 Å². The van der Waals surface area contributed by atoms with Crippen LogP contribution in [0.3, 0.4) is 0 Å². The number of aromatic nitrogens is 2. The number of benzene rings is 1. The molecule has 1 unspecified atom stereocenters. The van der Waals surface area contributed by atoms with E-state index in [2.05, 4.69) is 10.1 Å². The molecule has 0 spiro atoms. The van der Waals surface area contributed by atoms with Gasteiger partial charge in [0.15, 0.2) is 0 Å². The monoisotopic (exact) mass is 317 g/mol. The van der Waals surface area contributed by atoms with Crippen molar-refractivity contribution in [1.82, 2.24) is 15.0 Å². The van der Waals surface area contributed by atoms with Gasteiger partial charge in [-0.25, -0.2) is 0 Å². The number of hydrogen-bond acceptors (Lipinski definition) is 4. The van der Waals surface area contributed by atoms with E-state index in [0.717, 1.165) is 37.8 Å². The van der Waals surface area contributed by atoms with E-state index in [0.29, 0.717) is 16.7 Å². The molecule has 0 radical (unpaired) electrons. The van der Waals surface area contributed by atoms with Crippen LogP contribution in [-0.2, 0) is 4.79 Å². The van der Waals surface area contributed by atoms with Crippen molar-refractivity contribution in [3.63, 3.8) is 0 Å². The van der Waals surface area contributed by atoms with Gasteiger partial charge in [-0.05, 0) is 37.8 Å². The molecule has 5 nitrogen and oxygen atoms in total. The summed E-state index contributed by atoms with van der Waals surface area (Å²) in [6.45, 7) is 0.787. The van der Waals surface area contributed by atoms with Crippen LogP contribution < -0.4 is 0 Å². The van der Waals surface area contributed by atoms with Crippen molar-refractivity contribution in [3.8, 4) is 11.4 Å². The molecule has 1 atom stereocenters. The Morgan fingerprint density at radius 3 is 2.95 bits per heavy atom. The highest BCUT2D eigenvalue weighted by Crippen LogP contribution is 2.38. The van der Waals surface area contributed by atoms with Gasteiger partial charge in [0.2, 0.25) is 17.6 Å². The highest BCUT2D eigenvalue weighted by molar-refractivity contribution is 6.30. The van der Waals surface area contributed by atoms with E-state index in [1.54, 1.807) is 12.1 Å². The first-order chi connectivity index (χ1) is 10.7. The van der Waals surface area contributed by atoms with Crippen molar-refractivity contribution in [2.75, 3.05) is 6.54 Å². The number of nitrogens with zero attached hydrogens (tertiary/aromatic N) is 3. The fraction of sp³-hybridized carbons (Fsp3) is 0.438. The number of amides is 1. The summed E-state index contributed by atoms with van der Waals surface area (Å²) < 4.78 is 5.43. The zero-order chi connectivity index (χ0) is 15.1. The lowest BCUT2D eigenvalue weighted by molar-refractivity contribution is -0.133. The van der Waals surface area contributed by atoms with Gasteiger partial charge < -0.3 is 9.42 Å². The third-order valence-electron chi connectivity index (χ3n) is 4.27. The summed E-state index contributed by atoms with van der Waals surface area (Å²) in [5.74, 6) is 1.51. The molecule has 2 heterocycles. The van der Waals surface area contributed by atoms with E-state index < -0.39 is 0 Å². The smallest absolute Gasteiger partial charge is 0.249 e. The Balaban J connectivity index is 1.59. The molecule has 2 aromatic rings. The van der Waals surface area contributed by atoms with Gasteiger partial charge in [0.05, 0.1) is 0 Å². The van der Waals surface area contributed by atoms with E-state index in [9.17, 15) is 4.79 Å². The second-order valence-corrected chi connectivity index (χ2v) is 6.37. The average Bonchev–Trinajstić information content (AvgIpc) is 3.06. The zero-order valence-corrected chi connectivity index (χ0v) is 12.8. The van der Waals surface area contributed by atoms with Crippen LogP contribution >= 0.6 is 11.6 Å². The third-order valence-corrected chi connectivity index (χ3v) is 4.51. The van der Waals surface area contributed by atoms with Gasteiger partial charge in [-0.3, -0.25) is 4.79 Å². The lowest BCUT2D eigenvalue weighted by Crippen LogP contribution is -2.31. The molecule has 1 amide bonds. The lowest BCUT2D eigenvalue weighted by atomic mass is 10.2. The molecule has 1 aliphatic carbocycles. The molecule has 114 valence electrons. The summed E-state index contributed by atoms with van der Waals surface area (Å²) in [5, 5.41) is 4.68. The van der Waals surface area contributed by atoms with E-state index in [1.165, 1.54) is 0 Å². The predicted molar refractivity (Wildman–Crippen MR) is 81.2 cm³/mol. The van der Waals surface area contributed by atoms with Crippen LogP contribution in [0, 0.1) is 5.92 Å². The van der Waals surface area contributed by atoms with Crippen molar-refractivity contribution in [3.05, 3.63) is 35.2 Å².